The van der Waals surface area contributed by atoms with Crippen molar-refractivity contribution >= 4 is 11.6 Å². The zero-order chi connectivity index (χ0) is 13.8. The van der Waals surface area contributed by atoms with Gasteiger partial charge in [0.25, 0.3) is 0 Å². The minimum Gasteiger partial charge on any atom is -0.339 e. The summed E-state index contributed by atoms with van der Waals surface area (Å²) in [5.41, 5.74) is 6.93. The van der Waals surface area contributed by atoms with Gasteiger partial charge in [-0.1, -0.05) is 24.2 Å². The van der Waals surface area contributed by atoms with Crippen molar-refractivity contribution in [2.24, 2.45) is 11.7 Å². The lowest BCUT2D eigenvalue weighted by molar-refractivity contribution is -0.119. The molecular formula is C13H16N4O2. The minimum atomic E-state index is -0.226. The number of anilines is 1. The van der Waals surface area contributed by atoms with Crippen molar-refractivity contribution in [3.8, 4) is 11.4 Å². The van der Waals surface area contributed by atoms with E-state index < -0.39 is 0 Å². The highest BCUT2D eigenvalue weighted by Crippen LogP contribution is 2.20. The number of carbonyl (C=O) groups is 1. The largest absolute Gasteiger partial charge is 0.339 e. The van der Waals surface area contributed by atoms with E-state index in [0.29, 0.717) is 23.9 Å². The Bertz CT molecular complexity index is 580. The second-order valence-corrected chi connectivity index (χ2v) is 4.34. The Morgan fingerprint density at radius 3 is 2.95 bits per heavy atom. The van der Waals surface area contributed by atoms with Crippen molar-refractivity contribution in [3.63, 3.8) is 0 Å². The second kappa shape index (κ2) is 5.62. The van der Waals surface area contributed by atoms with Gasteiger partial charge in [0.2, 0.25) is 17.6 Å². The zero-order valence-corrected chi connectivity index (χ0v) is 10.9. The van der Waals surface area contributed by atoms with E-state index in [2.05, 4.69) is 15.5 Å². The summed E-state index contributed by atoms with van der Waals surface area (Å²) < 4.78 is 4.93. The maximum Gasteiger partial charge on any atom is 0.228 e. The van der Waals surface area contributed by atoms with Crippen LogP contribution in [0.4, 0.5) is 5.69 Å². The summed E-state index contributed by atoms with van der Waals surface area (Å²) in [7, 11) is 0. The van der Waals surface area contributed by atoms with Crippen molar-refractivity contribution < 1.29 is 9.32 Å². The molecule has 1 aromatic carbocycles. The van der Waals surface area contributed by atoms with Crippen molar-refractivity contribution in [1.82, 2.24) is 10.1 Å². The fourth-order valence-corrected chi connectivity index (χ4v) is 1.53. The molecule has 6 nitrogen and oxygen atoms in total. The predicted molar refractivity (Wildman–Crippen MR) is 71.3 cm³/mol. The molecule has 0 aliphatic carbocycles. The predicted octanol–water partition coefficient (Wildman–Crippen LogP) is 1.58. The lowest BCUT2D eigenvalue weighted by Crippen LogP contribution is -2.26. The first-order valence-corrected chi connectivity index (χ1v) is 6.02. The summed E-state index contributed by atoms with van der Waals surface area (Å²) in [5.74, 6) is 0.668. The summed E-state index contributed by atoms with van der Waals surface area (Å²) in [6.45, 7) is 3.82. The molecule has 0 saturated heterocycles. The van der Waals surface area contributed by atoms with Crippen LogP contribution in [0.2, 0.25) is 0 Å². The van der Waals surface area contributed by atoms with E-state index >= 15 is 0 Å². The van der Waals surface area contributed by atoms with Gasteiger partial charge in [-0.15, -0.1) is 0 Å². The number of rotatable bonds is 4. The van der Waals surface area contributed by atoms with E-state index in [-0.39, 0.29) is 11.8 Å². The van der Waals surface area contributed by atoms with Crippen molar-refractivity contribution in [2.75, 3.05) is 11.9 Å². The van der Waals surface area contributed by atoms with Crippen LogP contribution in [-0.2, 0) is 4.79 Å². The van der Waals surface area contributed by atoms with Crippen LogP contribution in [0.25, 0.3) is 11.4 Å². The highest BCUT2D eigenvalue weighted by molar-refractivity contribution is 5.93. The van der Waals surface area contributed by atoms with Crippen LogP contribution in [0.3, 0.4) is 0 Å². The SMILES string of the molecule is Cc1nc(-c2cccc(NC(=O)C(C)CN)c2)no1. The molecule has 0 saturated carbocycles. The fraction of sp³-hybridized carbons (Fsp3) is 0.308. The first-order chi connectivity index (χ1) is 9.10. The Labute approximate surface area is 111 Å². The number of aromatic nitrogens is 2. The smallest absolute Gasteiger partial charge is 0.228 e. The number of nitrogens with zero attached hydrogens (tertiary/aromatic N) is 2. The van der Waals surface area contributed by atoms with Crippen LogP contribution in [-0.4, -0.2) is 22.6 Å². The van der Waals surface area contributed by atoms with E-state index in [0.717, 1.165) is 5.56 Å². The van der Waals surface area contributed by atoms with Gasteiger partial charge in [0.15, 0.2) is 0 Å². The first-order valence-electron chi connectivity index (χ1n) is 6.02. The van der Waals surface area contributed by atoms with Crippen molar-refractivity contribution in [1.29, 1.82) is 0 Å². The van der Waals surface area contributed by atoms with E-state index in [1.54, 1.807) is 26.0 Å². The Balaban J connectivity index is 2.18. The third-order valence-electron chi connectivity index (χ3n) is 2.72. The van der Waals surface area contributed by atoms with Gasteiger partial charge in [0.1, 0.15) is 0 Å². The van der Waals surface area contributed by atoms with Crippen LogP contribution in [0, 0.1) is 12.8 Å². The Morgan fingerprint density at radius 1 is 1.53 bits per heavy atom. The topological polar surface area (TPSA) is 94.0 Å². The first kappa shape index (κ1) is 13.2. The van der Waals surface area contributed by atoms with Gasteiger partial charge in [-0.2, -0.15) is 4.98 Å². The number of hydrogen-bond donors (Lipinski definition) is 2. The van der Waals surface area contributed by atoms with E-state index in [4.69, 9.17) is 10.3 Å². The summed E-state index contributed by atoms with van der Waals surface area (Å²) in [6, 6.07) is 7.28. The van der Waals surface area contributed by atoms with E-state index in [9.17, 15) is 4.79 Å². The summed E-state index contributed by atoms with van der Waals surface area (Å²) >= 11 is 0. The van der Waals surface area contributed by atoms with Crippen molar-refractivity contribution in [2.45, 2.75) is 13.8 Å². The number of nitrogens with two attached hydrogens (primary N) is 1. The third kappa shape index (κ3) is 3.17. The number of benzene rings is 1. The zero-order valence-electron chi connectivity index (χ0n) is 10.9. The molecule has 0 bridgehead atoms. The number of nitrogens with one attached hydrogen (secondary N) is 1. The molecule has 0 radical (unpaired) electrons. The molecule has 1 unspecified atom stereocenters. The monoisotopic (exact) mass is 260 g/mol. The van der Waals surface area contributed by atoms with Gasteiger partial charge in [0, 0.05) is 30.6 Å². The lowest BCUT2D eigenvalue weighted by atomic mass is 10.1. The average Bonchev–Trinajstić information content (AvgIpc) is 2.84. The van der Waals surface area contributed by atoms with Gasteiger partial charge in [-0.25, -0.2) is 0 Å². The molecule has 1 aromatic heterocycles. The summed E-state index contributed by atoms with van der Waals surface area (Å²) in [5, 5.41) is 6.64. The molecule has 3 N–H and O–H groups in total. The maximum atomic E-state index is 11.8. The van der Waals surface area contributed by atoms with Gasteiger partial charge < -0.3 is 15.6 Å². The molecule has 1 heterocycles. The molecule has 0 fully saturated rings. The standard InChI is InChI=1S/C13H16N4O2/c1-8(7-14)13(18)16-11-5-3-4-10(6-11)12-15-9(2)19-17-12/h3-6,8H,7,14H2,1-2H3,(H,16,18). The van der Waals surface area contributed by atoms with Crippen LogP contribution < -0.4 is 11.1 Å². The number of hydrogen-bond acceptors (Lipinski definition) is 5. The second-order valence-electron chi connectivity index (χ2n) is 4.34. The highest BCUT2D eigenvalue weighted by atomic mass is 16.5. The van der Waals surface area contributed by atoms with Gasteiger partial charge in [0.05, 0.1) is 0 Å². The highest BCUT2D eigenvalue weighted by Gasteiger charge is 2.12. The van der Waals surface area contributed by atoms with Crippen LogP contribution in [0.15, 0.2) is 28.8 Å². The van der Waals surface area contributed by atoms with Gasteiger partial charge >= 0.3 is 0 Å². The number of carbonyl (C=O) groups excluding carboxylic acids is 1. The Kier molecular flexibility index (Phi) is 3.91. The quantitative estimate of drug-likeness (QED) is 0.870. The van der Waals surface area contributed by atoms with E-state index in [1.807, 2.05) is 12.1 Å². The molecule has 0 spiro atoms. The van der Waals surface area contributed by atoms with Crippen LogP contribution >= 0.6 is 0 Å². The molecule has 1 amide bonds. The normalized spacial score (nSPS) is 12.2. The lowest BCUT2D eigenvalue weighted by Gasteiger charge is -2.10. The van der Waals surface area contributed by atoms with Crippen molar-refractivity contribution in [3.05, 3.63) is 30.2 Å². The maximum absolute atomic E-state index is 11.8. The summed E-state index contributed by atoms with van der Waals surface area (Å²) in [4.78, 5) is 15.9. The molecule has 1 atom stereocenters. The van der Waals surface area contributed by atoms with E-state index in [1.165, 1.54) is 0 Å². The van der Waals surface area contributed by atoms with Gasteiger partial charge in [-0.3, -0.25) is 4.79 Å². The summed E-state index contributed by atoms with van der Waals surface area (Å²) in [6.07, 6.45) is 0. The molecule has 2 rings (SSSR count). The molecule has 2 aromatic rings. The molecule has 6 heteroatoms. The van der Waals surface area contributed by atoms with Crippen LogP contribution in [0.1, 0.15) is 12.8 Å². The average molecular weight is 260 g/mol. The Morgan fingerprint density at radius 2 is 2.32 bits per heavy atom. The molecule has 19 heavy (non-hydrogen) atoms. The Hall–Kier alpha value is -2.21. The van der Waals surface area contributed by atoms with Crippen LogP contribution in [0.5, 0.6) is 0 Å². The molecular weight excluding hydrogens is 244 g/mol. The third-order valence-corrected chi connectivity index (χ3v) is 2.72. The number of amides is 1. The van der Waals surface area contributed by atoms with Gasteiger partial charge in [-0.05, 0) is 12.1 Å². The molecule has 0 aliphatic rings. The molecule has 100 valence electrons. The minimum absolute atomic E-state index is 0.107. The fourth-order valence-electron chi connectivity index (χ4n) is 1.53. The molecule has 0 aliphatic heterocycles. The number of aryl methyl sites for hydroxylation is 1.